The summed E-state index contributed by atoms with van der Waals surface area (Å²) in [6.07, 6.45) is 3.05. The molecule has 2 aliphatic rings. The lowest BCUT2D eigenvalue weighted by Crippen LogP contribution is -2.55. The largest absolute Gasteiger partial charge is 0.348 e. The first-order chi connectivity index (χ1) is 6.86. The average molecular weight is 189 g/mol. The normalized spacial score (nSPS) is 29.9. The Hall–Kier alpha value is -1.09. The molecule has 1 aromatic rings. The van der Waals surface area contributed by atoms with E-state index in [1.807, 2.05) is 12.3 Å². The third-order valence-corrected chi connectivity index (χ3v) is 3.26. The summed E-state index contributed by atoms with van der Waals surface area (Å²) < 4.78 is 0. The van der Waals surface area contributed by atoms with Crippen LogP contribution in [-0.2, 0) is 6.42 Å². The molecule has 3 nitrogen and oxygen atoms in total. The summed E-state index contributed by atoms with van der Waals surface area (Å²) in [5, 5.41) is 3.47. The molecule has 0 saturated carbocycles. The van der Waals surface area contributed by atoms with Gasteiger partial charge in [0, 0.05) is 31.4 Å². The highest BCUT2D eigenvalue weighted by atomic mass is 15.3. The van der Waals surface area contributed by atoms with Crippen molar-refractivity contribution in [3.63, 3.8) is 0 Å². The van der Waals surface area contributed by atoms with Gasteiger partial charge in [-0.05, 0) is 25.0 Å². The molecule has 2 aliphatic heterocycles. The molecule has 1 unspecified atom stereocenters. The van der Waals surface area contributed by atoms with E-state index in [2.05, 4.69) is 28.2 Å². The van der Waals surface area contributed by atoms with Gasteiger partial charge in [0.2, 0.25) is 0 Å². The predicted molar refractivity (Wildman–Crippen MR) is 56.5 cm³/mol. The van der Waals surface area contributed by atoms with E-state index in [4.69, 9.17) is 0 Å². The highest BCUT2D eigenvalue weighted by Gasteiger charge is 2.35. The zero-order chi connectivity index (χ0) is 9.54. The molecule has 0 aliphatic carbocycles. The van der Waals surface area contributed by atoms with E-state index < -0.39 is 0 Å². The molecule has 3 heteroatoms. The number of nitrogens with zero attached hydrogens (tertiary/aromatic N) is 2. The van der Waals surface area contributed by atoms with Crippen LogP contribution in [0.15, 0.2) is 18.3 Å². The van der Waals surface area contributed by atoms with Crippen LogP contribution in [0, 0.1) is 0 Å². The van der Waals surface area contributed by atoms with Gasteiger partial charge in [0.05, 0.1) is 0 Å². The van der Waals surface area contributed by atoms with Crippen molar-refractivity contribution < 1.29 is 0 Å². The summed E-state index contributed by atoms with van der Waals surface area (Å²) in [6.45, 7) is 4.44. The Labute approximate surface area is 84.1 Å². The Morgan fingerprint density at radius 1 is 1.50 bits per heavy atom. The Balaban J connectivity index is 2.03. The maximum atomic E-state index is 4.49. The van der Waals surface area contributed by atoms with Crippen LogP contribution < -0.4 is 10.2 Å². The van der Waals surface area contributed by atoms with E-state index in [0.717, 1.165) is 19.5 Å². The first-order valence-electron chi connectivity index (χ1n) is 5.29. The van der Waals surface area contributed by atoms with Gasteiger partial charge in [0.1, 0.15) is 5.82 Å². The minimum absolute atomic E-state index is 0.574. The van der Waals surface area contributed by atoms with Gasteiger partial charge in [-0.1, -0.05) is 6.07 Å². The van der Waals surface area contributed by atoms with Gasteiger partial charge >= 0.3 is 0 Å². The molecule has 1 N–H and O–H groups in total. The van der Waals surface area contributed by atoms with Gasteiger partial charge < -0.3 is 10.2 Å². The molecule has 2 atom stereocenters. The fourth-order valence-electron chi connectivity index (χ4n) is 2.64. The zero-order valence-corrected chi connectivity index (χ0v) is 8.40. The Kier molecular flexibility index (Phi) is 1.74. The Morgan fingerprint density at radius 3 is 3.36 bits per heavy atom. The first kappa shape index (κ1) is 8.24. The maximum Gasteiger partial charge on any atom is 0.132 e. The molecule has 1 fully saturated rings. The third-order valence-electron chi connectivity index (χ3n) is 3.26. The van der Waals surface area contributed by atoms with Crippen LogP contribution in [0.1, 0.15) is 12.5 Å². The molecule has 1 aromatic heterocycles. The second kappa shape index (κ2) is 2.95. The molecule has 0 amide bonds. The van der Waals surface area contributed by atoms with E-state index in [0.29, 0.717) is 12.1 Å². The van der Waals surface area contributed by atoms with Crippen LogP contribution >= 0.6 is 0 Å². The van der Waals surface area contributed by atoms with Gasteiger partial charge in [0.25, 0.3) is 0 Å². The van der Waals surface area contributed by atoms with Crippen molar-refractivity contribution in [2.45, 2.75) is 25.4 Å². The minimum Gasteiger partial charge on any atom is -0.348 e. The van der Waals surface area contributed by atoms with Crippen molar-refractivity contribution in [3.05, 3.63) is 23.9 Å². The van der Waals surface area contributed by atoms with Gasteiger partial charge in [-0.3, -0.25) is 0 Å². The number of hydrogen-bond donors (Lipinski definition) is 1. The molecule has 1 saturated heterocycles. The molecule has 74 valence electrons. The number of fused-ring (bicyclic) bond motifs is 3. The smallest absolute Gasteiger partial charge is 0.132 e. The molecular weight excluding hydrogens is 174 g/mol. The fourth-order valence-corrected chi connectivity index (χ4v) is 2.64. The zero-order valence-electron chi connectivity index (χ0n) is 8.40. The summed E-state index contributed by atoms with van der Waals surface area (Å²) in [5.41, 5.74) is 1.41. The Bertz CT molecular complexity index is 350. The van der Waals surface area contributed by atoms with Crippen molar-refractivity contribution in [1.82, 2.24) is 10.3 Å². The molecule has 0 bridgehead atoms. The summed E-state index contributed by atoms with van der Waals surface area (Å²) in [7, 11) is 0. The van der Waals surface area contributed by atoms with Gasteiger partial charge in [-0.15, -0.1) is 0 Å². The molecule has 0 aromatic carbocycles. The van der Waals surface area contributed by atoms with Crippen LogP contribution in [0.2, 0.25) is 0 Å². The lowest BCUT2D eigenvalue weighted by atomic mass is 10.1. The van der Waals surface area contributed by atoms with Crippen LogP contribution in [-0.4, -0.2) is 30.2 Å². The number of aromatic nitrogens is 1. The van der Waals surface area contributed by atoms with Gasteiger partial charge in [-0.2, -0.15) is 0 Å². The van der Waals surface area contributed by atoms with Crippen molar-refractivity contribution in [2.24, 2.45) is 0 Å². The fraction of sp³-hybridized carbons (Fsp3) is 0.545. The van der Waals surface area contributed by atoms with Crippen LogP contribution in [0.3, 0.4) is 0 Å². The van der Waals surface area contributed by atoms with E-state index in [1.165, 1.54) is 11.4 Å². The molecular formula is C11H15N3. The molecule has 0 spiro atoms. The molecule has 14 heavy (non-hydrogen) atoms. The second-order valence-corrected chi connectivity index (χ2v) is 4.26. The van der Waals surface area contributed by atoms with Crippen LogP contribution in [0.5, 0.6) is 0 Å². The van der Waals surface area contributed by atoms with Gasteiger partial charge in [0.15, 0.2) is 0 Å². The standard InChI is InChI=1S/C11H15N3/c1-8-6-12-7-10-5-9-3-2-4-13-11(9)14(8)10/h2-4,8,10,12H,5-7H2,1H3/t8?,10-/m1/s1. The number of rotatable bonds is 0. The topological polar surface area (TPSA) is 28.2 Å². The lowest BCUT2D eigenvalue weighted by Gasteiger charge is -2.37. The monoisotopic (exact) mass is 189 g/mol. The van der Waals surface area contributed by atoms with Crippen LogP contribution in [0.25, 0.3) is 0 Å². The average Bonchev–Trinajstić information content (AvgIpc) is 2.57. The van der Waals surface area contributed by atoms with Crippen molar-refractivity contribution in [2.75, 3.05) is 18.0 Å². The summed E-state index contributed by atoms with van der Waals surface area (Å²) >= 11 is 0. The second-order valence-electron chi connectivity index (χ2n) is 4.26. The van der Waals surface area contributed by atoms with E-state index in [1.54, 1.807) is 0 Å². The molecule has 0 radical (unpaired) electrons. The molecule has 3 rings (SSSR count). The lowest BCUT2D eigenvalue weighted by molar-refractivity contribution is 0.428. The van der Waals surface area contributed by atoms with Crippen molar-refractivity contribution in [3.8, 4) is 0 Å². The van der Waals surface area contributed by atoms with E-state index in [9.17, 15) is 0 Å². The van der Waals surface area contributed by atoms with Crippen LogP contribution in [0.4, 0.5) is 5.82 Å². The van der Waals surface area contributed by atoms with E-state index >= 15 is 0 Å². The maximum absolute atomic E-state index is 4.49. The summed E-state index contributed by atoms with van der Waals surface area (Å²) in [5.74, 6) is 1.21. The van der Waals surface area contributed by atoms with Gasteiger partial charge in [-0.25, -0.2) is 4.98 Å². The predicted octanol–water partition coefficient (Wildman–Crippen LogP) is 0.804. The number of piperazine rings is 1. The van der Waals surface area contributed by atoms with Crippen molar-refractivity contribution >= 4 is 5.82 Å². The highest BCUT2D eigenvalue weighted by Crippen LogP contribution is 2.32. The van der Waals surface area contributed by atoms with E-state index in [-0.39, 0.29) is 0 Å². The minimum atomic E-state index is 0.574. The number of pyridine rings is 1. The number of nitrogens with one attached hydrogen (secondary N) is 1. The summed E-state index contributed by atoms with van der Waals surface area (Å²) in [4.78, 5) is 6.97. The first-order valence-corrected chi connectivity index (χ1v) is 5.29. The third kappa shape index (κ3) is 1.05. The highest BCUT2D eigenvalue weighted by molar-refractivity contribution is 5.55. The molecule has 3 heterocycles. The summed E-state index contributed by atoms with van der Waals surface area (Å²) in [6, 6.07) is 5.44. The number of hydrogen-bond acceptors (Lipinski definition) is 3. The number of anilines is 1. The Morgan fingerprint density at radius 2 is 2.43 bits per heavy atom. The van der Waals surface area contributed by atoms with Crippen molar-refractivity contribution in [1.29, 1.82) is 0 Å². The SMILES string of the molecule is CC1CNC[C@H]2Cc3cccnc3N12. The quantitative estimate of drug-likeness (QED) is 0.654.